The van der Waals surface area contributed by atoms with Crippen molar-refractivity contribution in [3.05, 3.63) is 12.2 Å². The van der Waals surface area contributed by atoms with Crippen LogP contribution in [0.25, 0.3) is 0 Å². The van der Waals surface area contributed by atoms with Crippen molar-refractivity contribution in [2.45, 2.75) is 6.42 Å². The van der Waals surface area contributed by atoms with Gasteiger partial charge < -0.3 is 5.32 Å². The zero-order valence-corrected chi connectivity index (χ0v) is 3.78. The van der Waals surface area contributed by atoms with E-state index in [0.717, 1.165) is 13.1 Å². The van der Waals surface area contributed by atoms with Crippen LogP contribution in [0.5, 0.6) is 0 Å². The van der Waals surface area contributed by atoms with Gasteiger partial charge in [-0.2, -0.15) is 0 Å². The van der Waals surface area contributed by atoms with E-state index >= 15 is 0 Å². The molecule has 0 aromatic carbocycles. The summed E-state index contributed by atoms with van der Waals surface area (Å²) in [6.07, 6.45) is 5.57. The normalized spacial score (nSPS) is 18.3. The molecule has 0 atom stereocenters. The van der Waals surface area contributed by atoms with Crippen LogP contribution in [-0.4, -0.2) is 32.0 Å². The van der Waals surface area contributed by atoms with E-state index in [1.54, 1.807) is 0 Å². The Hall–Kier alpha value is 0.297. The summed E-state index contributed by atoms with van der Waals surface area (Å²) in [4.78, 5) is 0. The van der Waals surface area contributed by atoms with E-state index in [2.05, 4.69) is 17.5 Å². The third-order valence-electron chi connectivity index (χ3n) is 0.917. The number of hydrogen-bond acceptors (Lipinski definition) is 1. The molecule has 0 aromatic heterocycles. The van der Waals surface area contributed by atoms with Gasteiger partial charge in [0.05, 0.1) is 0 Å². The molecule has 2 heteroatoms. The van der Waals surface area contributed by atoms with Gasteiger partial charge in [-0.15, -0.1) is 0 Å². The van der Waals surface area contributed by atoms with Gasteiger partial charge in [-0.3, -0.25) is 0 Å². The predicted molar refractivity (Wildman–Crippen MR) is 33.8 cm³/mol. The number of rotatable bonds is 0. The quantitative estimate of drug-likeness (QED) is 0.324. The number of hydrogen-bond donors (Lipinski definition) is 1. The van der Waals surface area contributed by atoms with Gasteiger partial charge in [-0.25, -0.2) is 0 Å². The van der Waals surface area contributed by atoms with Crippen molar-refractivity contribution in [1.29, 1.82) is 0 Å². The van der Waals surface area contributed by atoms with E-state index in [0.29, 0.717) is 0 Å². The van der Waals surface area contributed by atoms with E-state index < -0.39 is 0 Å². The van der Waals surface area contributed by atoms with Crippen LogP contribution in [0.3, 0.4) is 0 Å². The van der Waals surface area contributed by atoms with E-state index in [-0.39, 0.29) is 18.9 Å². The molecule has 1 nitrogen and oxygen atoms in total. The first-order chi connectivity index (χ1) is 3.00. The molecule has 0 amide bonds. The molecule has 1 aliphatic heterocycles. The molecule has 0 bridgehead atoms. The summed E-state index contributed by atoms with van der Waals surface area (Å²) >= 11 is 0. The maximum atomic E-state index is 3.20. The van der Waals surface area contributed by atoms with Gasteiger partial charge in [0.15, 0.2) is 0 Å². The molecule has 0 saturated heterocycles. The van der Waals surface area contributed by atoms with Crippen LogP contribution in [0.2, 0.25) is 0 Å². The minimum atomic E-state index is 0. The fraction of sp³-hybridized carbons (Fsp3) is 0.600. The monoisotopic (exact) mass is 91.1 g/mol. The summed E-state index contributed by atoms with van der Waals surface area (Å²) in [7, 11) is 0. The second-order valence-corrected chi connectivity index (χ2v) is 1.46. The van der Waals surface area contributed by atoms with Crippen LogP contribution in [0.1, 0.15) is 6.42 Å². The molecule has 0 fully saturated rings. The summed E-state index contributed by atoms with van der Waals surface area (Å²) in [5.41, 5.74) is 0. The summed E-state index contributed by atoms with van der Waals surface area (Å²) in [6, 6.07) is 0. The molecular weight excluding hydrogens is 81.0 g/mol. The Morgan fingerprint density at radius 2 is 2.14 bits per heavy atom. The standard InChI is InChI=1S/C5H9N.Li.H/c1-2-4-6-5-3-1;;/h1-2,6H,3-5H2;;. The summed E-state index contributed by atoms with van der Waals surface area (Å²) in [6.45, 7) is 2.23. The molecule has 7 heavy (non-hydrogen) atoms. The zero-order chi connectivity index (χ0) is 4.24. The Labute approximate surface area is 56.4 Å². The Bertz CT molecular complexity index is 53.1. The fourth-order valence-corrected chi connectivity index (χ4v) is 0.572. The summed E-state index contributed by atoms with van der Waals surface area (Å²) < 4.78 is 0. The zero-order valence-electron chi connectivity index (χ0n) is 3.78. The molecule has 0 aromatic rings. The average molecular weight is 91.1 g/mol. The molecule has 1 rings (SSSR count). The van der Waals surface area contributed by atoms with Crippen LogP contribution in [0.15, 0.2) is 12.2 Å². The molecule has 36 valence electrons. The van der Waals surface area contributed by atoms with Crippen molar-refractivity contribution in [3.8, 4) is 0 Å². The van der Waals surface area contributed by atoms with Crippen molar-refractivity contribution >= 4 is 18.9 Å². The predicted octanol–water partition coefficient (Wildman–Crippen LogP) is -0.113. The molecule has 1 heterocycles. The van der Waals surface area contributed by atoms with Crippen LogP contribution >= 0.6 is 0 Å². The van der Waals surface area contributed by atoms with Crippen LogP contribution in [-0.2, 0) is 0 Å². The fourth-order valence-electron chi connectivity index (χ4n) is 0.572. The average Bonchev–Trinajstić information content (AvgIpc) is 1.72. The van der Waals surface area contributed by atoms with Crippen molar-refractivity contribution in [2.24, 2.45) is 0 Å². The molecule has 0 aliphatic carbocycles. The van der Waals surface area contributed by atoms with E-state index in [1.807, 2.05) is 0 Å². The van der Waals surface area contributed by atoms with Crippen molar-refractivity contribution in [3.63, 3.8) is 0 Å². The molecule has 0 spiro atoms. The van der Waals surface area contributed by atoms with Crippen molar-refractivity contribution < 1.29 is 0 Å². The molecule has 0 radical (unpaired) electrons. The summed E-state index contributed by atoms with van der Waals surface area (Å²) in [5.74, 6) is 0. The van der Waals surface area contributed by atoms with Gasteiger partial charge in [0.2, 0.25) is 0 Å². The van der Waals surface area contributed by atoms with Gasteiger partial charge in [0, 0.05) is 6.54 Å². The van der Waals surface area contributed by atoms with E-state index in [1.165, 1.54) is 6.42 Å². The summed E-state index contributed by atoms with van der Waals surface area (Å²) in [5, 5.41) is 3.20. The second-order valence-electron chi connectivity index (χ2n) is 1.46. The first kappa shape index (κ1) is 7.30. The van der Waals surface area contributed by atoms with Gasteiger partial charge in [-0.1, -0.05) is 12.2 Å². The maximum absolute atomic E-state index is 3.20. The van der Waals surface area contributed by atoms with E-state index in [4.69, 9.17) is 0 Å². The van der Waals surface area contributed by atoms with Gasteiger partial charge in [0.25, 0.3) is 0 Å². The van der Waals surface area contributed by atoms with Crippen LogP contribution < -0.4 is 5.32 Å². The molecule has 0 saturated carbocycles. The Kier molecular flexibility index (Phi) is 4.65. The van der Waals surface area contributed by atoms with Gasteiger partial charge in [0.1, 0.15) is 0 Å². The van der Waals surface area contributed by atoms with Crippen molar-refractivity contribution in [1.82, 2.24) is 5.32 Å². The van der Waals surface area contributed by atoms with Gasteiger partial charge >= 0.3 is 18.9 Å². The SMILES string of the molecule is C1=CCNCC1.[LiH]. The molecule has 1 N–H and O–H groups in total. The van der Waals surface area contributed by atoms with E-state index in [9.17, 15) is 0 Å². The first-order valence-corrected chi connectivity index (χ1v) is 2.36. The number of nitrogens with one attached hydrogen (secondary N) is 1. The Morgan fingerprint density at radius 1 is 1.29 bits per heavy atom. The molecule has 1 aliphatic rings. The molecular formula is C5H10LiN. The Morgan fingerprint density at radius 3 is 2.29 bits per heavy atom. The van der Waals surface area contributed by atoms with Crippen LogP contribution in [0, 0.1) is 0 Å². The second kappa shape index (κ2) is 4.46. The molecule has 0 unspecified atom stereocenters. The Balaban J connectivity index is 0.000000360. The topological polar surface area (TPSA) is 12.0 Å². The minimum absolute atomic E-state index is 0. The van der Waals surface area contributed by atoms with Crippen molar-refractivity contribution in [2.75, 3.05) is 13.1 Å². The van der Waals surface area contributed by atoms with Gasteiger partial charge in [-0.05, 0) is 13.0 Å². The van der Waals surface area contributed by atoms with Crippen LogP contribution in [0.4, 0.5) is 0 Å². The third kappa shape index (κ3) is 2.93. The third-order valence-corrected chi connectivity index (χ3v) is 0.917. The first-order valence-electron chi connectivity index (χ1n) is 2.36.